The second-order valence-corrected chi connectivity index (χ2v) is 6.94. The second kappa shape index (κ2) is 9.57. The minimum Gasteiger partial charge on any atom is -0.382 e. The van der Waals surface area contributed by atoms with E-state index in [2.05, 4.69) is 15.3 Å². The molecule has 3 rings (SSSR count). The molecule has 1 N–H and O–H groups in total. The Labute approximate surface area is 164 Å². The van der Waals surface area contributed by atoms with Crippen molar-refractivity contribution in [2.45, 2.75) is 44.8 Å². The van der Waals surface area contributed by atoms with E-state index in [9.17, 15) is 9.59 Å². The minimum absolute atomic E-state index is 0.0780. The van der Waals surface area contributed by atoms with Crippen LogP contribution in [0.4, 0.5) is 0 Å². The van der Waals surface area contributed by atoms with Gasteiger partial charge in [-0.2, -0.15) is 0 Å². The third-order valence-corrected chi connectivity index (χ3v) is 4.87. The maximum absolute atomic E-state index is 12.7. The van der Waals surface area contributed by atoms with Crippen molar-refractivity contribution in [2.24, 2.45) is 0 Å². The number of Topliss-reactive ketones (excluding diaryl/α,β-unsaturated/α-hetero) is 1. The molecule has 0 aromatic carbocycles. The van der Waals surface area contributed by atoms with Gasteiger partial charge in [0.05, 0.1) is 19.3 Å². The van der Waals surface area contributed by atoms with Gasteiger partial charge in [0.15, 0.2) is 5.78 Å². The van der Waals surface area contributed by atoms with Crippen molar-refractivity contribution >= 4 is 11.7 Å². The number of rotatable bonds is 8. The van der Waals surface area contributed by atoms with Gasteiger partial charge < -0.3 is 14.8 Å². The molecular weight excluding hydrogens is 360 g/mol. The van der Waals surface area contributed by atoms with Gasteiger partial charge in [-0.25, -0.2) is 9.97 Å². The molecule has 1 amide bonds. The summed E-state index contributed by atoms with van der Waals surface area (Å²) in [5.74, 6) is 0.102. The summed E-state index contributed by atoms with van der Waals surface area (Å²) in [6.07, 6.45) is 8.64. The fourth-order valence-electron chi connectivity index (χ4n) is 3.29. The van der Waals surface area contributed by atoms with Gasteiger partial charge in [-0.1, -0.05) is 0 Å². The highest BCUT2D eigenvalue weighted by Crippen LogP contribution is 2.21. The number of hydrogen-bond acceptors (Lipinski definition) is 6. The van der Waals surface area contributed by atoms with E-state index in [0.717, 1.165) is 25.7 Å². The quantitative estimate of drug-likeness (QED) is 0.552. The molecule has 1 aliphatic carbocycles. The monoisotopic (exact) mass is 386 g/mol. The van der Waals surface area contributed by atoms with E-state index in [-0.39, 0.29) is 29.5 Å². The SMILES string of the molecule is COCCOC1CCC(NC(=O)c2cc(C(C)=O)cc(-n3ccnc3)n2)CC1. The summed E-state index contributed by atoms with van der Waals surface area (Å²) < 4.78 is 12.4. The summed E-state index contributed by atoms with van der Waals surface area (Å²) in [7, 11) is 1.66. The topological polar surface area (TPSA) is 95.3 Å². The molecule has 0 unspecified atom stereocenters. The van der Waals surface area contributed by atoms with E-state index in [4.69, 9.17) is 9.47 Å². The van der Waals surface area contributed by atoms with Gasteiger partial charge >= 0.3 is 0 Å². The zero-order valence-electron chi connectivity index (χ0n) is 16.3. The van der Waals surface area contributed by atoms with E-state index in [1.165, 1.54) is 13.0 Å². The van der Waals surface area contributed by atoms with Gasteiger partial charge in [-0.3, -0.25) is 14.2 Å². The van der Waals surface area contributed by atoms with Crippen LogP contribution in [0, 0.1) is 0 Å². The Bertz CT molecular complexity index is 799. The van der Waals surface area contributed by atoms with Gasteiger partial charge in [-0.05, 0) is 44.7 Å². The van der Waals surface area contributed by atoms with E-state index in [0.29, 0.717) is 24.6 Å². The van der Waals surface area contributed by atoms with Gasteiger partial charge in [-0.15, -0.1) is 0 Å². The summed E-state index contributed by atoms with van der Waals surface area (Å²) in [6.45, 7) is 2.66. The molecule has 2 aromatic rings. The lowest BCUT2D eigenvalue weighted by molar-refractivity contribution is -0.00409. The highest BCUT2D eigenvalue weighted by Gasteiger charge is 2.24. The van der Waals surface area contributed by atoms with Crippen LogP contribution in [0.3, 0.4) is 0 Å². The third kappa shape index (κ3) is 5.24. The van der Waals surface area contributed by atoms with Crippen LogP contribution in [0.2, 0.25) is 0 Å². The molecule has 0 radical (unpaired) electrons. The molecule has 150 valence electrons. The Morgan fingerprint density at radius 3 is 2.64 bits per heavy atom. The molecule has 8 nitrogen and oxygen atoms in total. The fourth-order valence-corrected chi connectivity index (χ4v) is 3.29. The van der Waals surface area contributed by atoms with Crippen molar-refractivity contribution in [1.82, 2.24) is 19.9 Å². The van der Waals surface area contributed by atoms with Crippen molar-refractivity contribution in [3.63, 3.8) is 0 Å². The highest BCUT2D eigenvalue weighted by molar-refractivity contribution is 5.99. The molecule has 1 aliphatic rings. The van der Waals surface area contributed by atoms with E-state index >= 15 is 0 Å². The van der Waals surface area contributed by atoms with E-state index in [1.54, 1.807) is 36.5 Å². The van der Waals surface area contributed by atoms with Gasteiger partial charge in [0.25, 0.3) is 5.91 Å². The molecule has 2 heterocycles. The Morgan fingerprint density at radius 2 is 2.00 bits per heavy atom. The minimum atomic E-state index is -0.270. The number of carbonyl (C=O) groups is 2. The lowest BCUT2D eigenvalue weighted by atomic mass is 9.93. The maximum Gasteiger partial charge on any atom is 0.270 e. The van der Waals surface area contributed by atoms with Crippen molar-refractivity contribution in [3.8, 4) is 5.82 Å². The van der Waals surface area contributed by atoms with Gasteiger partial charge in [0, 0.05) is 31.1 Å². The highest BCUT2D eigenvalue weighted by atomic mass is 16.5. The van der Waals surface area contributed by atoms with Gasteiger partial charge in [0.2, 0.25) is 0 Å². The lowest BCUT2D eigenvalue weighted by Crippen LogP contribution is -2.39. The maximum atomic E-state index is 12.7. The fraction of sp³-hybridized carbons (Fsp3) is 0.500. The zero-order chi connectivity index (χ0) is 19.9. The van der Waals surface area contributed by atoms with Crippen molar-refractivity contribution in [2.75, 3.05) is 20.3 Å². The Morgan fingerprint density at radius 1 is 1.21 bits per heavy atom. The standard InChI is InChI=1S/C20H26N4O4/c1-14(25)15-11-18(23-19(12-15)24-8-7-21-13-24)20(26)22-16-3-5-17(6-4-16)28-10-9-27-2/h7-8,11-13,16-17H,3-6,9-10H2,1-2H3,(H,22,26). The number of methoxy groups -OCH3 is 1. The normalized spacial score (nSPS) is 19.4. The molecule has 8 heteroatoms. The van der Waals surface area contributed by atoms with Crippen LogP contribution in [0.5, 0.6) is 0 Å². The lowest BCUT2D eigenvalue weighted by Gasteiger charge is -2.29. The van der Waals surface area contributed by atoms with Gasteiger partial charge in [0.1, 0.15) is 17.8 Å². The zero-order valence-corrected chi connectivity index (χ0v) is 16.3. The van der Waals surface area contributed by atoms with E-state index < -0.39 is 0 Å². The van der Waals surface area contributed by atoms with Crippen LogP contribution in [0.15, 0.2) is 30.9 Å². The predicted octanol–water partition coefficient (Wildman–Crippen LogP) is 2.17. The molecule has 1 saturated carbocycles. The number of carbonyl (C=O) groups excluding carboxylic acids is 2. The first-order chi connectivity index (χ1) is 13.6. The van der Waals surface area contributed by atoms with Crippen molar-refractivity contribution in [1.29, 1.82) is 0 Å². The molecule has 0 spiro atoms. The first-order valence-corrected chi connectivity index (χ1v) is 9.49. The van der Waals surface area contributed by atoms with Crippen LogP contribution < -0.4 is 5.32 Å². The van der Waals surface area contributed by atoms with Crippen LogP contribution in [0.25, 0.3) is 5.82 Å². The van der Waals surface area contributed by atoms with E-state index in [1.807, 2.05) is 0 Å². The molecule has 1 fully saturated rings. The van der Waals surface area contributed by atoms with Crippen molar-refractivity contribution in [3.05, 3.63) is 42.1 Å². The number of amides is 1. The van der Waals surface area contributed by atoms with Crippen LogP contribution in [0.1, 0.15) is 53.5 Å². The Balaban J connectivity index is 1.64. The first kappa shape index (κ1) is 20.2. The number of ketones is 1. The number of ether oxygens (including phenoxy) is 2. The Kier molecular flexibility index (Phi) is 6.89. The molecule has 0 bridgehead atoms. The molecule has 0 saturated heterocycles. The smallest absolute Gasteiger partial charge is 0.270 e. The number of hydrogen-bond donors (Lipinski definition) is 1. The number of imidazole rings is 1. The molecule has 2 aromatic heterocycles. The molecule has 0 aliphatic heterocycles. The number of nitrogens with one attached hydrogen (secondary N) is 1. The summed E-state index contributed by atoms with van der Waals surface area (Å²) >= 11 is 0. The third-order valence-electron chi connectivity index (χ3n) is 4.87. The average molecular weight is 386 g/mol. The molecule has 28 heavy (non-hydrogen) atoms. The first-order valence-electron chi connectivity index (χ1n) is 9.49. The largest absolute Gasteiger partial charge is 0.382 e. The number of aromatic nitrogens is 3. The van der Waals surface area contributed by atoms with Crippen LogP contribution >= 0.6 is 0 Å². The number of nitrogens with zero attached hydrogens (tertiary/aromatic N) is 3. The van der Waals surface area contributed by atoms with Crippen molar-refractivity contribution < 1.29 is 19.1 Å². The number of pyridine rings is 1. The average Bonchev–Trinajstić information content (AvgIpc) is 3.24. The second-order valence-electron chi connectivity index (χ2n) is 6.94. The van der Waals surface area contributed by atoms with Crippen LogP contribution in [-0.4, -0.2) is 58.7 Å². The Hall–Kier alpha value is -2.58. The van der Waals surface area contributed by atoms with Crippen LogP contribution in [-0.2, 0) is 9.47 Å². The summed E-state index contributed by atoms with van der Waals surface area (Å²) in [5.41, 5.74) is 0.675. The summed E-state index contributed by atoms with van der Waals surface area (Å²) in [4.78, 5) is 33.0. The summed E-state index contributed by atoms with van der Waals surface area (Å²) in [5, 5.41) is 3.04. The summed E-state index contributed by atoms with van der Waals surface area (Å²) in [6, 6.07) is 3.27. The molecule has 0 atom stereocenters. The predicted molar refractivity (Wildman–Crippen MR) is 103 cm³/mol. The molecular formula is C20H26N4O4.